The molecule has 0 amide bonds. The number of halogens is 1. The van der Waals surface area contributed by atoms with Crippen molar-refractivity contribution in [3.8, 4) is 0 Å². The Morgan fingerprint density at radius 1 is 1.10 bits per heavy atom. The second-order valence-corrected chi connectivity index (χ2v) is 4.85. The van der Waals surface area contributed by atoms with Gasteiger partial charge in [-0.3, -0.25) is 5.10 Å². The normalized spacial score (nSPS) is 11.1. The third-order valence-electron chi connectivity index (χ3n) is 3.31. The highest BCUT2D eigenvalue weighted by molar-refractivity contribution is 5.78. The monoisotopic (exact) mass is 269 g/mol. The van der Waals surface area contributed by atoms with Gasteiger partial charge in [0.05, 0.1) is 11.7 Å². The quantitative estimate of drug-likeness (QED) is 0.699. The Hall–Kier alpha value is -2.20. The van der Waals surface area contributed by atoms with E-state index in [1.807, 2.05) is 12.3 Å². The number of aromatic nitrogens is 2. The Bertz CT molecular complexity index is 706. The zero-order chi connectivity index (χ0) is 13.8. The van der Waals surface area contributed by atoms with Gasteiger partial charge in [-0.05, 0) is 42.3 Å². The summed E-state index contributed by atoms with van der Waals surface area (Å²) in [6.07, 6.45) is 2.76. The summed E-state index contributed by atoms with van der Waals surface area (Å²) < 4.78 is 13.0. The van der Waals surface area contributed by atoms with Crippen molar-refractivity contribution in [3.63, 3.8) is 0 Å². The molecule has 0 fully saturated rings. The van der Waals surface area contributed by atoms with Crippen LogP contribution in [0.2, 0.25) is 0 Å². The van der Waals surface area contributed by atoms with Crippen LogP contribution in [0.1, 0.15) is 11.1 Å². The smallest absolute Gasteiger partial charge is 0.123 e. The van der Waals surface area contributed by atoms with Crippen LogP contribution < -0.4 is 5.32 Å². The fourth-order valence-electron chi connectivity index (χ4n) is 2.25. The van der Waals surface area contributed by atoms with Gasteiger partial charge < -0.3 is 5.32 Å². The SMILES string of the molecule is Fc1cccc(CNCCc2ccc3cn[nH]c3c2)c1. The zero-order valence-corrected chi connectivity index (χ0v) is 11.1. The number of hydrogen-bond acceptors (Lipinski definition) is 2. The van der Waals surface area contributed by atoms with Crippen molar-refractivity contribution < 1.29 is 4.39 Å². The summed E-state index contributed by atoms with van der Waals surface area (Å²) in [7, 11) is 0. The number of hydrogen-bond donors (Lipinski definition) is 2. The maximum atomic E-state index is 13.0. The number of fused-ring (bicyclic) bond motifs is 1. The summed E-state index contributed by atoms with van der Waals surface area (Å²) in [4.78, 5) is 0. The van der Waals surface area contributed by atoms with Gasteiger partial charge in [-0.2, -0.15) is 5.10 Å². The second-order valence-electron chi connectivity index (χ2n) is 4.85. The van der Waals surface area contributed by atoms with E-state index in [1.54, 1.807) is 12.1 Å². The largest absolute Gasteiger partial charge is 0.312 e. The van der Waals surface area contributed by atoms with E-state index in [9.17, 15) is 4.39 Å². The van der Waals surface area contributed by atoms with Gasteiger partial charge in [-0.15, -0.1) is 0 Å². The molecule has 4 heteroatoms. The van der Waals surface area contributed by atoms with Crippen LogP contribution in [-0.4, -0.2) is 16.7 Å². The van der Waals surface area contributed by atoms with Crippen LogP contribution in [-0.2, 0) is 13.0 Å². The summed E-state index contributed by atoms with van der Waals surface area (Å²) >= 11 is 0. The topological polar surface area (TPSA) is 40.7 Å². The van der Waals surface area contributed by atoms with Crippen LogP contribution in [0, 0.1) is 5.82 Å². The van der Waals surface area contributed by atoms with E-state index < -0.39 is 0 Å². The molecule has 0 radical (unpaired) electrons. The molecule has 0 atom stereocenters. The molecule has 0 bridgehead atoms. The summed E-state index contributed by atoms with van der Waals surface area (Å²) in [6.45, 7) is 1.54. The van der Waals surface area contributed by atoms with E-state index in [0.29, 0.717) is 6.54 Å². The molecule has 102 valence electrons. The molecule has 0 unspecified atom stereocenters. The summed E-state index contributed by atoms with van der Waals surface area (Å²) in [6, 6.07) is 13.0. The van der Waals surface area contributed by atoms with Crippen molar-refractivity contribution in [1.82, 2.24) is 15.5 Å². The minimum Gasteiger partial charge on any atom is -0.312 e. The fourth-order valence-corrected chi connectivity index (χ4v) is 2.25. The molecule has 0 aliphatic heterocycles. The van der Waals surface area contributed by atoms with Gasteiger partial charge in [0.2, 0.25) is 0 Å². The predicted octanol–water partition coefficient (Wildman–Crippen LogP) is 3.03. The first-order chi connectivity index (χ1) is 9.81. The van der Waals surface area contributed by atoms with Crippen molar-refractivity contribution in [2.75, 3.05) is 6.54 Å². The maximum Gasteiger partial charge on any atom is 0.123 e. The predicted molar refractivity (Wildman–Crippen MR) is 77.9 cm³/mol. The third-order valence-corrected chi connectivity index (χ3v) is 3.31. The van der Waals surface area contributed by atoms with E-state index in [1.165, 1.54) is 11.6 Å². The summed E-state index contributed by atoms with van der Waals surface area (Å²) in [5.41, 5.74) is 3.29. The maximum absolute atomic E-state index is 13.0. The number of H-pyrrole nitrogens is 1. The Kier molecular flexibility index (Phi) is 3.74. The van der Waals surface area contributed by atoms with Crippen molar-refractivity contribution in [2.45, 2.75) is 13.0 Å². The van der Waals surface area contributed by atoms with Crippen LogP contribution in [0.5, 0.6) is 0 Å². The lowest BCUT2D eigenvalue weighted by molar-refractivity contribution is 0.620. The lowest BCUT2D eigenvalue weighted by Crippen LogP contribution is -2.16. The van der Waals surface area contributed by atoms with Crippen molar-refractivity contribution in [1.29, 1.82) is 0 Å². The molecule has 3 aromatic rings. The first kappa shape index (κ1) is 12.8. The van der Waals surface area contributed by atoms with Gasteiger partial charge in [0.15, 0.2) is 0 Å². The molecule has 0 aliphatic carbocycles. The molecule has 1 heterocycles. The molecule has 20 heavy (non-hydrogen) atoms. The summed E-state index contributed by atoms with van der Waals surface area (Å²) in [5, 5.41) is 11.4. The average Bonchev–Trinajstić information content (AvgIpc) is 2.91. The first-order valence-electron chi connectivity index (χ1n) is 6.68. The highest BCUT2D eigenvalue weighted by Gasteiger charge is 1.99. The lowest BCUT2D eigenvalue weighted by atomic mass is 10.1. The number of benzene rings is 2. The van der Waals surface area contributed by atoms with Gasteiger partial charge in [0, 0.05) is 11.9 Å². The molecule has 1 aromatic heterocycles. The minimum absolute atomic E-state index is 0.186. The van der Waals surface area contributed by atoms with Gasteiger partial charge in [0.25, 0.3) is 0 Å². The Labute approximate surface area is 116 Å². The van der Waals surface area contributed by atoms with Crippen LogP contribution >= 0.6 is 0 Å². The van der Waals surface area contributed by atoms with Gasteiger partial charge >= 0.3 is 0 Å². The first-order valence-corrected chi connectivity index (χ1v) is 6.68. The Morgan fingerprint density at radius 2 is 2.05 bits per heavy atom. The summed E-state index contributed by atoms with van der Waals surface area (Å²) in [5.74, 6) is -0.186. The van der Waals surface area contributed by atoms with Gasteiger partial charge in [0.1, 0.15) is 5.82 Å². The molecule has 0 saturated carbocycles. The van der Waals surface area contributed by atoms with Crippen LogP contribution in [0.4, 0.5) is 4.39 Å². The minimum atomic E-state index is -0.186. The van der Waals surface area contributed by atoms with Crippen LogP contribution in [0.3, 0.4) is 0 Å². The van der Waals surface area contributed by atoms with E-state index in [-0.39, 0.29) is 5.82 Å². The second kappa shape index (κ2) is 5.84. The molecule has 0 saturated heterocycles. The number of aromatic amines is 1. The van der Waals surface area contributed by atoms with Gasteiger partial charge in [-0.1, -0.05) is 24.3 Å². The van der Waals surface area contributed by atoms with E-state index in [4.69, 9.17) is 0 Å². The van der Waals surface area contributed by atoms with Crippen molar-refractivity contribution >= 4 is 10.9 Å². The highest BCUT2D eigenvalue weighted by Crippen LogP contribution is 2.12. The average molecular weight is 269 g/mol. The molecule has 2 N–H and O–H groups in total. The van der Waals surface area contributed by atoms with Crippen LogP contribution in [0.15, 0.2) is 48.7 Å². The Balaban J connectivity index is 1.52. The molecule has 2 aromatic carbocycles. The molecular weight excluding hydrogens is 253 g/mol. The van der Waals surface area contributed by atoms with Crippen LogP contribution in [0.25, 0.3) is 10.9 Å². The molecule has 0 aliphatic rings. The van der Waals surface area contributed by atoms with Crippen molar-refractivity contribution in [2.24, 2.45) is 0 Å². The number of nitrogens with one attached hydrogen (secondary N) is 2. The van der Waals surface area contributed by atoms with Gasteiger partial charge in [-0.25, -0.2) is 4.39 Å². The van der Waals surface area contributed by atoms with E-state index >= 15 is 0 Å². The molecule has 0 spiro atoms. The highest BCUT2D eigenvalue weighted by atomic mass is 19.1. The lowest BCUT2D eigenvalue weighted by Gasteiger charge is -2.05. The standard InChI is InChI=1S/C16H16FN3/c17-15-3-1-2-13(8-15)10-18-7-6-12-4-5-14-11-19-20-16(14)9-12/h1-5,8-9,11,18H,6-7,10H2,(H,19,20). The number of nitrogens with zero attached hydrogens (tertiary/aromatic N) is 1. The van der Waals surface area contributed by atoms with E-state index in [2.05, 4.69) is 33.7 Å². The van der Waals surface area contributed by atoms with Crippen molar-refractivity contribution in [3.05, 3.63) is 65.6 Å². The molecular formula is C16H16FN3. The third kappa shape index (κ3) is 3.03. The van der Waals surface area contributed by atoms with E-state index in [0.717, 1.165) is 29.4 Å². The molecule has 3 nitrogen and oxygen atoms in total. The number of rotatable bonds is 5. The Morgan fingerprint density at radius 3 is 2.95 bits per heavy atom. The molecule has 3 rings (SSSR count). The zero-order valence-electron chi connectivity index (χ0n) is 11.1. The fraction of sp³-hybridized carbons (Fsp3) is 0.188.